The van der Waals surface area contributed by atoms with E-state index in [0.717, 1.165) is 44.8 Å². The van der Waals surface area contributed by atoms with Gasteiger partial charge in [0.1, 0.15) is 5.82 Å². The van der Waals surface area contributed by atoms with Gasteiger partial charge in [-0.1, -0.05) is 6.92 Å². The summed E-state index contributed by atoms with van der Waals surface area (Å²) in [5, 5.41) is 0. The number of Topliss-reactive ketones (excluding diaryl/α,β-unsaturated/α-hetero) is 1. The molecule has 1 aliphatic rings. The molecule has 2 rings (SSSR count). The van der Waals surface area contributed by atoms with Gasteiger partial charge in [-0.15, -0.1) is 0 Å². The van der Waals surface area contributed by atoms with E-state index in [1.54, 1.807) is 6.92 Å². The monoisotopic (exact) mass is 278 g/mol. The summed E-state index contributed by atoms with van der Waals surface area (Å²) in [5.74, 6) is -0.376. The number of nitrogens with zero attached hydrogens (tertiary/aromatic N) is 2. The van der Waals surface area contributed by atoms with Gasteiger partial charge in [0.25, 0.3) is 0 Å². The minimum absolute atomic E-state index is 0.0742. The van der Waals surface area contributed by atoms with Gasteiger partial charge in [0.2, 0.25) is 0 Å². The van der Waals surface area contributed by atoms with Crippen LogP contribution in [0.2, 0.25) is 0 Å². The molecule has 1 aromatic carbocycles. The second kappa shape index (κ2) is 6.35. The molecule has 0 unspecified atom stereocenters. The van der Waals surface area contributed by atoms with Crippen molar-refractivity contribution in [1.82, 2.24) is 4.90 Å². The van der Waals surface area contributed by atoms with Gasteiger partial charge in [0.15, 0.2) is 5.78 Å². The maximum atomic E-state index is 13.7. The van der Waals surface area contributed by atoms with Crippen molar-refractivity contribution in [3.8, 4) is 0 Å². The Bertz CT molecular complexity index is 493. The Morgan fingerprint density at radius 3 is 2.45 bits per heavy atom. The zero-order valence-corrected chi connectivity index (χ0v) is 12.6. The lowest BCUT2D eigenvalue weighted by molar-refractivity contribution is 0.101. The third kappa shape index (κ3) is 3.18. The predicted molar refractivity (Wildman–Crippen MR) is 80.1 cm³/mol. The molecule has 0 N–H and O–H groups in total. The number of aryl methyl sites for hydroxylation is 1. The van der Waals surface area contributed by atoms with Gasteiger partial charge < -0.3 is 4.90 Å². The van der Waals surface area contributed by atoms with Crippen LogP contribution in [0.1, 0.15) is 36.2 Å². The largest absolute Gasteiger partial charge is 0.368 e. The number of hydrogen-bond acceptors (Lipinski definition) is 3. The van der Waals surface area contributed by atoms with E-state index in [-0.39, 0.29) is 11.6 Å². The molecule has 0 radical (unpaired) electrons. The number of anilines is 1. The molecule has 0 atom stereocenters. The Labute approximate surface area is 120 Å². The molecule has 0 amide bonds. The van der Waals surface area contributed by atoms with Crippen molar-refractivity contribution < 1.29 is 9.18 Å². The number of benzene rings is 1. The van der Waals surface area contributed by atoms with Gasteiger partial charge in [0, 0.05) is 37.4 Å². The van der Waals surface area contributed by atoms with Crippen molar-refractivity contribution in [2.45, 2.75) is 27.2 Å². The number of piperazine rings is 1. The zero-order chi connectivity index (χ0) is 14.7. The van der Waals surface area contributed by atoms with Crippen molar-refractivity contribution in [3.05, 3.63) is 29.1 Å². The van der Waals surface area contributed by atoms with Gasteiger partial charge in [-0.05, 0) is 44.5 Å². The molecule has 1 fully saturated rings. The van der Waals surface area contributed by atoms with Gasteiger partial charge in [0.05, 0.1) is 0 Å². The molecule has 0 spiro atoms. The van der Waals surface area contributed by atoms with E-state index in [2.05, 4.69) is 16.7 Å². The Balaban J connectivity index is 2.21. The third-order valence-electron chi connectivity index (χ3n) is 3.91. The third-order valence-corrected chi connectivity index (χ3v) is 3.91. The number of ketones is 1. The molecule has 1 saturated heterocycles. The molecule has 110 valence electrons. The SMILES string of the molecule is CCCN1CCN(c2cc(C)c(F)cc2C(C)=O)CC1. The summed E-state index contributed by atoms with van der Waals surface area (Å²) in [6.07, 6.45) is 1.16. The van der Waals surface area contributed by atoms with Gasteiger partial charge in [-0.2, -0.15) is 0 Å². The number of hydrogen-bond donors (Lipinski definition) is 0. The first-order chi connectivity index (χ1) is 9.52. The summed E-state index contributed by atoms with van der Waals surface area (Å²) < 4.78 is 13.7. The van der Waals surface area contributed by atoms with Crippen molar-refractivity contribution in [2.75, 3.05) is 37.6 Å². The fraction of sp³-hybridized carbons (Fsp3) is 0.562. The average molecular weight is 278 g/mol. The number of halogens is 1. The van der Waals surface area contributed by atoms with E-state index in [0.29, 0.717) is 11.1 Å². The van der Waals surface area contributed by atoms with Crippen molar-refractivity contribution in [2.24, 2.45) is 0 Å². The molecule has 0 aromatic heterocycles. The van der Waals surface area contributed by atoms with E-state index < -0.39 is 0 Å². The summed E-state index contributed by atoms with van der Waals surface area (Å²) >= 11 is 0. The molecule has 0 bridgehead atoms. The highest BCUT2D eigenvalue weighted by Gasteiger charge is 2.21. The topological polar surface area (TPSA) is 23.6 Å². The van der Waals surface area contributed by atoms with Crippen molar-refractivity contribution in [3.63, 3.8) is 0 Å². The average Bonchev–Trinajstić information content (AvgIpc) is 2.42. The zero-order valence-electron chi connectivity index (χ0n) is 12.6. The lowest BCUT2D eigenvalue weighted by Gasteiger charge is -2.36. The Kier molecular flexibility index (Phi) is 4.76. The van der Waals surface area contributed by atoms with Crippen LogP contribution in [0.5, 0.6) is 0 Å². The Hall–Kier alpha value is -1.42. The molecule has 1 aromatic rings. The first-order valence-electron chi connectivity index (χ1n) is 7.31. The fourth-order valence-electron chi connectivity index (χ4n) is 2.74. The predicted octanol–water partition coefficient (Wildman–Crippen LogP) is 2.87. The van der Waals surface area contributed by atoms with Crippen LogP contribution in [0, 0.1) is 12.7 Å². The van der Waals surface area contributed by atoms with Crippen LogP contribution >= 0.6 is 0 Å². The van der Waals surface area contributed by atoms with Crippen LogP contribution < -0.4 is 4.90 Å². The minimum Gasteiger partial charge on any atom is -0.368 e. The lowest BCUT2D eigenvalue weighted by Crippen LogP contribution is -2.47. The van der Waals surface area contributed by atoms with Gasteiger partial charge in [-0.3, -0.25) is 9.69 Å². The molecular weight excluding hydrogens is 255 g/mol. The summed E-state index contributed by atoms with van der Waals surface area (Å²) in [7, 11) is 0. The van der Waals surface area contributed by atoms with Crippen LogP contribution in [-0.4, -0.2) is 43.4 Å². The van der Waals surface area contributed by atoms with Crippen LogP contribution in [0.3, 0.4) is 0 Å². The van der Waals surface area contributed by atoms with Crippen LogP contribution in [0.15, 0.2) is 12.1 Å². The van der Waals surface area contributed by atoms with Crippen LogP contribution in [-0.2, 0) is 0 Å². The van der Waals surface area contributed by atoms with Crippen LogP contribution in [0.25, 0.3) is 0 Å². The van der Waals surface area contributed by atoms with Crippen LogP contribution in [0.4, 0.5) is 10.1 Å². The normalized spacial score (nSPS) is 16.5. The Morgan fingerprint density at radius 1 is 1.25 bits per heavy atom. The van der Waals surface area contributed by atoms with E-state index in [9.17, 15) is 9.18 Å². The van der Waals surface area contributed by atoms with Crippen molar-refractivity contribution in [1.29, 1.82) is 0 Å². The summed E-state index contributed by atoms with van der Waals surface area (Å²) in [5.41, 5.74) is 1.98. The first kappa shape index (κ1) is 15.0. The molecule has 3 nitrogen and oxygen atoms in total. The number of rotatable bonds is 4. The lowest BCUT2D eigenvalue weighted by atomic mass is 10.0. The highest BCUT2D eigenvalue weighted by Crippen LogP contribution is 2.26. The summed E-state index contributed by atoms with van der Waals surface area (Å²) in [6.45, 7) is 10.3. The second-order valence-electron chi connectivity index (χ2n) is 5.50. The minimum atomic E-state index is -0.302. The van der Waals surface area contributed by atoms with Gasteiger partial charge in [-0.25, -0.2) is 4.39 Å². The summed E-state index contributed by atoms with van der Waals surface area (Å²) in [4.78, 5) is 16.4. The second-order valence-corrected chi connectivity index (χ2v) is 5.50. The van der Waals surface area contributed by atoms with E-state index in [1.807, 2.05) is 6.07 Å². The van der Waals surface area contributed by atoms with E-state index >= 15 is 0 Å². The molecule has 20 heavy (non-hydrogen) atoms. The smallest absolute Gasteiger partial charge is 0.161 e. The molecule has 1 heterocycles. The maximum Gasteiger partial charge on any atom is 0.161 e. The highest BCUT2D eigenvalue weighted by molar-refractivity contribution is 6.00. The van der Waals surface area contributed by atoms with E-state index in [1.165, 1.54) is 13.0 Å². The fourth-order valence-corrected chi connectivity index (χ4v) is 2.74. The van der Waals surface area contributed by atoms with E-state index in [4.69, 9.17) is 0 Å². The quantitative estimate of drug-likeness (QED) is 0.791. The maximum absolute atomic E-state index is 13.7. The molecule has 1 aliphatic heterocycles. The van der Waals surface area contributed by atoms with Crippen molar-refractivity contribution >= 4 is 11.5 Å². The first-order valence-corrected chi connectivity index (χ1v) is 7.31. The molecule has 4 heteroatoms. The molecular formula is C16H23FN2O. The van der Waals surface area contributed by atoms with Gasteiger partial charge >= 0.3 is 0 Å². The standard InChI is InChI=1S/C16H23FN2O/c1-4-5-18-6-8-19(9-7-18)16-10-12(2)15(17)11-14(16)13(3)20/h10-11H,4-9H2,1-3H3. The molecule has 0 aliphatic carbocycles. The number of carbonyl (C=O) groups is 1. The molecule has 0 saturated carbocycles. The summed E-state index contributed by atoms with van der Waals surface area (Å²) in [6, 6.07) is 3.19. The Morgan fingerprint density at radius 2 is 1.90 bits per heavy atom. The highest BCUT2D eigenvalue weighted by atomic mass is 19.1. The number of carbonyl (C=O) groups excluding carboxylic acids is 1.